The second kappa shape index (κ2) is 8.46. The van der Waals surface area contributed by atoms with Crippen LogP contribution in [-0.4, -0.2) is 31.5 Å². The Morgan fingerprint density at radius 1 is 1.25 bits per heavy atom. The Hall–Kier alpha value is -2.82. The molecule has 1 aromatic heterocycles. The van der Waals surface area contributed by atoms with E-state index in [2.05, 4.69) is 15.5 Å². The van der Waals surface area contributed by atoms with Crippen LogP contribution in [0.25, 0.3) is 11.4 Å². The second-order valence-corrected chi connectivity index (χ2v) is 7.23. The van der Waals surface area contributed by atoms with Gasteiger partial charge in [-0.3, -0.25) is 14.9 Å². The predicted molar refractivity (Wildman–Crippen MR) is 108 cm³/mol. The van der Waals surface area contributed by atoms with Crippen LogP contribution in [0.3, 0.4) is 0 Å². The van der Waals surface area contributed by atoms with Gasteiger partial charge in [-0.1, -0.05) is 47.1 Å². The van der Waals surface area contributed by atoms with Crippen molar-refractivity contribution in [2.24, 2.45) is 0 Å². The lowest BCUT2D eigenvalue weighted by Gasteiger charge is -2.07. The fourth-order valence-corrected chi connectivity index (χ4v) is 3.25. The molecule has 1 heterocycles. The van der Waals surface area contributed by atoms with Crippen molar-refractivity contribution in [1.82, 2.24) is 14.9 Å². The Bertz CT molecular complexity index is 1060. The molecule has 144 valence electrons. The number of thioether (sulfide) groups is 1. The van der Waals surface area contributed by atoms with Gasteiger partial charge in [0.2, 0.25) is 11.1 Å². The van der Waals surface area contributed by atoms with Crippen molar-refractivity contribution < 1.29 is 9.72 Å². The number of rotatable bonds is 6. The van der Waals surface area contributed by atoms with Crippen molar-refractivity contribution in [3.8, 4) is 11.4 Å². The molecule has 0 atom stereocenters. The molecule has 0 aliphatic heterocycles. The third-order valence-electron chi connectivity index (χ3n) is 3.51. The number of nitro benzene ring substituents is 1. The molecule has 0 saturated heterocycles. The first-order valence-corrected chi connectivity index (χ1v) is 9.42. The van der Waals surface area contributed by atoms with Gasteiger partial charge < -0.3 is 11.2 Å². The molecule has 0 spiro atoms. The molecular weight excluding hydrogens is 427 g/mol. The maximum absolute atomic E-state index is 12.2. The Balaban J connectivity index is 1.67. The number of carbonyl (C=O) groups excluding carboxylic acids is 1. The van der Waals surface area contributed by atoms with E-state index >= 15 is 0 Å². The number of nitro groups is 1. The number of nitrogens with two attached hydrogens (primary N) is 1. The van der Waals surface area contributed by atoms with Crippen LogP contribution in [0, 0.1) is 10.1 Å². The highest BCUT2D eigenvalue weighted by molar-refractivity contribution is 7.99. The van der Waals surface area contributed by atoms with Crippen molar-refractivity contribution in [3.63, 3.8) is 0 Å². The van der Waals surface area contributed by atoms with Gasteiger partial charge in [0.1, 0.15) is 0 Å². The molecule has 0 unspecified atom stereocenters. The summed E-state index contributed by atoms with van der Waals surface area (Å²) < 4.78 is 1.25. The average molecular weight is 439 g/mol. The van der Waals surface area contributed by atoms with Crippen LogP contribution in [-0.2, 0) is 4.79 Å². The predicted octanol–water partition coefficient (Wildman–Crippen LogP) is 3.60. The van der Waals surface area contributed by atoms with Crippen LogP contribution in [0.2, 0.25) is 10.0 Å². The molecule has 12 heteroatoms. The van der Waals surface area contributed by atoms with E-state index in [1.54, 1.807) is 24.3 Å². The summed E-state index contributed by atoms with van der Waals surface area (Å²) in [6.07, 6.45) is 0. The zero-order valence-electron chi connectivity index (χ0n) is 14.0. The molecule has 3 N–H and O–H groups in total. The lowest BCUT2D eigenvalue weighted by atomic mass is 10.2. The maximum atomic E-state index is 12.2. The van der Waals surface area contributed by atoms with Crippen LogP contribution >= 0.6 is 35.0 Å². The highest BCUT2D eigenvalue weighted by atomic mass is 35.5. The van der Waals surface area contributed by atoms with Crippen molar-refractivity contribution in [2.45, 2.75) is 5.16 Å². The molecule has 0 bridgehead atoms. The number of nitrogen functional groups attached to an aromatic ring is 1. The molecule has 0 fully saturated rings. The van der Waals surface area contributed by atoms with Crippen LogP contribution in [0.1, 0.15) is 0 Å². The number of hydrogen-bond acceptors (Lipinski definition) is 7. The minimum atomic E-state index is -0.574. The summed E-state index contributed by atoms with van der Waals surface area (Å²) in [6.45, 7) is 0. The van der Waals surface area contributed by atoms with E-state index in [9.17, 15) is 14.9 Å². The molecule has 3 rings (SSSR count). The van der Waals surface area contributed by atoms with Gasteiger partial charge in [-0.05, 0) is 18.2 Å². The second-order valence-electron chi connectivity index (χ2n) is 5.44. The summed E-state index contributed by atoms with van der Waals surface area (Å²) in [5.74, 6) is 5.91. The van der Waals surface area contributed by atoms with Gasteiger partial charge in [0, 0.05) is 22.7 Å². The Labute approximate surface area is 173 Å². The quantitative estimate of drug-likeness (QED) is 0.260. The van der Waals surface area contributed by atoms with Crippen LogP contribution in [0.15, 0.2) is 47.6 Å². The van der Waals surface area contributed by atoms with E-state index in [4.69, 9.17) is 29.0 Å². The Morgan fingerprint density at radius 3 is 2.75 bits per heavy atom. The highest BCUT2D eigenvalue weighted by Gasteiger charge is 2.16. The van der Waals surface area contributed by atoms with E-state index in [1.807, 2.05) is 0 Å². The van der Waals surface area contributed by atoms with Gasteiger partial charge in [-0.25, -0.2) is 4.68 Å². The zero-order valence-corrected chi connectivity index (χ0v) is 16.3. The Morgan fingerprint density at radius 2 is 2.04 bits per heavy atom. The summed E-state index contributed by atoms with van der Waals surface area (Å²) in [6, 6.07) is 10.7. The number of nitrogens with zero attached hydrogens (tertiary/aromatic N) is 4. The molecule has 0 aliphatic rings. The number of halogens is 2. The van der Waals surface area contributed by atoms with Crippen LogP contribution < -0.4 is 11.2 Å². The summed E-state index contributed by atoms with van der Waals surface area (Å²) in [5.41, 5.74) is 0.651. The third-order valence-corrected chi connectivity index (χ3v) is 5.02. The van der Waals surface area contributed by atoms with E-state index in [-0.39, 0.29) is 22.2 Å². The van der Waals surface area contributed by atoms with Crippen molar-refractivity contribution in [3.05, 3.63) is 62.6 Å². The molecule has 9 nitrogen and oxygen atoms in total. The third kappa shape index (κ3) is 4.53. The van der Waals surface area contributed by atoms with E-state index in [0.717, 1.165) is 11.8 Å². The van der Waals surface area contributed by atoms with Gasteiger partial charge in [0.05, 0.1) is 21.4 Å². The first kappa shape index (κ1) is 19.9. The van der Waals surface area contributed by atoms with Crippen LogP contribution in [0.5, 0.6) is 0 Å². The summed E-state index contributed by atoms with van der Waals surface area (Å²) in [4.78, 5) is 22.4. The number of hydrogen-bond donors (Lipinski definition) is 2. The number of benzene rings is 2. The van der Waals surface area contributed by atoms with Gasteiger partial charge in [-0.2, -0.15) is 0 Å². The van der Waals surface area contributed by atoms with Crippen molar-refractivity contribution in [2.75, 3.05) is 16.9 Å². The average Bonchev–Trinajstić information content (AvgIpc) is 3.02. The smallest absolute Gasteiger partial charge is 0.271 e. The van der Waals surface area contributed by atoms with Crippen molar-refractivity contribution >= 4 is 52.2 Å². The zero-order chi connectivity index (χ0) is 20.3. The molecule has 2 aromatic carbocycles. The largest absolute Gasteiger partial charge is 0.335 e. The first-order chi connectivity index (χ1) is 13.3. The number of nitrogens with one attached hydrogen (secondary N) is 1. The molecule has 1 amide bonds. The number of aromatic nitrogens is 3. The van der Waals surface area contributed by atoms with Crippen LogP contribution in [0.4, 0.5) is 11.4 Å². The maximum Gasteiger partial charge on any atom is 0.271 e. The van der Waals surface area contributed by atoms with E-state index in [0.29, 0.717) is 21.6 Å². The molecular formula is C16H12Cl2N6O3S. The fraction of sp³-hybridized carbons (Fsp3) is 0.0625. The summed E-state index contributed by atoms with van der Waals surface area (Å²) in [7, 11) is 0. The van der Waals surface area contributed by atoms with Gasteiger partial charge in [0.15, 0.2) is 5.82 Å². The summed E-state index contributed by atoms with van der Waals surface area (Å²) >= 11 is 13.0. The van der Waals surface area contributed by atoms with Crippen molar-refractivity contribution in [1.29, 1.82) is 0 Å². The topological polar surface area (TPSA) is 129 Å². The monoisotopic (exact) mass is 438 g/mol. The molecule has 0 aliphatic carbocycles. The SMILES string of the molecule is Nn1c(SCC(=O)Nc2cc([N+](=O)[O-])ccc2Cl)nnc1-c1cccc(Cl)c1. The van der Waals surface area contributed by atoms with Gasteiger partial charge in [-0.15, -0.1) is 10.2 Å². The Kier molecular flexibility index (Phi) is 6.02. The van der Waals surface area contributed by atoms with E-state index < -0.39 is 10.8 Å². The minimum Gasteiger partial charge on any atom is -0.335 e. The standard InChI is InChI=1S/C16H12Cl2N6O3S/c17-10-3-1-2-9(6-10)15-21-22-16(23(15)19)28-8-14(25)20-13-7-11(24(26)27)4-5-12(13)18/h1-7H,8,19H2,(H,20,25). The molecule has 3 aromatic rings. The van der Waals surface area contributed by atoms with Gasteiger partial charge >= 0.3 is 0 Å². The lowest BCUT2D eigenvalue weighted by Crippen LogP contribution is -2.16. The number of anilines is 1. The first-order valence-electron chi connectivity index (χ1n) is 7.68. The molecule has 28 heavy (non-hydrogen) atoms. The summed E-state index contributed by atoms with van der Waals surface area (Å²) in [5, 5.41) is 22.4. The fourth-order valence-electron chi connectivity index (χ4n) is 2.24. The molecule has 0 radical (unpaired) electrons. The number of carbonyl (C=O) groups is 1. The van der Waals surface area contributed by atoms with E-state index in [1.165, 1.54) is 22.9 Å². The highest BCUT2D eigenvalue weighted by Crippen LogP contribution is 2.27. The minimum absolute atomic E-state index is 0.0517. The number of non-ortho nitro benzene ring substituents is 1. The molecule has 0 saturated carbocycles. The normalized spacial score (nSPS) is 10.6. The number of amides is 1. The van der Waals surface area contributed by atoms with Gasteiger partial charge in [0.25, 0.3) is 5.69 Å². The lowest BCUT2D eigenvalue weighted by molar-refractivity contribution is -0.384.